The van der Waals surface area contributed by atoms with E-state index in [1.807, 2.05) is 12.4 Å². The molecule has 0 aliphatic carbocycles. The number of thiazole rings is 1. The molecule has 5 nitrogen and oxygen atoms in total. The molecule has 0 spiro atoms. The van der Waals surface area contributed by atoms with Crippen molar-refractivity contribution < 1.29 is 4.74 Å². The zero-order valence-electron chi connectivity index (χ0n) is 12.2. The summed E-state index contributed by atoms with van der Waals surface area (Å²) in [4.78, 5) is 15.6. The maximum atomic E-state index is 5.65. The van der Waals surface area contributed by atoms with Crippen LogP contribution in [0.2, 0.25) is 0 Å². The molecule has 3 rings (SSSR count). The molecule has 2 aromatic heterocycles. The van der Waals surface area contributed by atoms with E-state index in [9.17, 15) is 0 Å². The second-order valence-corrected chi connectivity index (χ2v) is 6.02. The van der Waals surface area contributed by atoms with Crippen molar-refractivity contribution in [2.24, 2.45) is 0 Å². The molecular weight excluding hydrogens is 284 g/mol. The van der Waals surface area contributed by atoms with Gasteiger partial charge in [0.05, 0.1) is 35.8 Å². The molecule has 0 saturated carbocycles. The number of morpholine rings is 1. The lowest BCUT2D eigenvalue weighted by molar-refractivity contribution is -0.0149. The summed E-state index contributed by atoms with van der Waals surface area (Å²) in [5.74, 6) is 0. The van der Waals surface area contributed by atoms with Gasteiger partial charge in [-0.05, 0) is 19.8 Å². The summed E-state index contributed by atoms with van der Waals surface area (Å²) in [5.41, 5.74) is 5.17. The predicted molar refractivity (Wildman–Crippen MR) is 82.2 cm³/mol. The molecule has 1 aliphatic rings. The lowest BCUT2D eigenvalue weighted by Gasteiger charge is -2.35. The molecule has 21 heavy (non-hydrogen) atoms. The number of aryl methyl sites for hydroxylation is 2. The van der Waals surface area contributed by atoms with Crippen molar-refractivity contribution in [3.05, 3.63) is 40.4 Å². The summed E-state index contributed by atoms with van der Waals surface area (Å²) in [7, 11) is 0. The van der Waals surface area contributed by atoms with Gasteiger partial charge < -0.3 is 4.74 Å². The largest absolute Gasteiger partial charge is 0.378 e. The van der Waals surface area contributed by atoms with Gasteiger partial charge in [0.1, 0.15) is 0 Å². The summed E-state index contributed by atoms with van der Waals surface area (Å²) in [6.45, 7) is 5.51. The molecule has 1 saturated heterocycles. The van der Waals surface area contributed by atoms with Gasteiger partial charge in [0.2, 0.25) is 0 Å². The van der Waals surface area contributed by atoms with Crippen LogP contribution < -0.4 is 0 Å². The number of hydrogen-bond acceptors (Lipinski definition) is 6. The second-order valence-electron chi connectivity index (χ2n) is 5.31. The van der Waals surface area contributed by atoms with E-state index < -0.39 is 0 Å². The standard InChI is InChI=1S/C15H20N4OS/c1-12-15(17-5-4-16-12)3-2-14-9-20-7-6-19(14)8-13-10-21-11-18-13/h4-5,10-11,14H,2-3,6-9H2,1H3. The maximum Gasteiger partial charge on any atom is 0.0795 e. The first-order chi connectivity index (χ1) is 10.3. The Morgan fingerprint density at radius 1 is 1.33 bits per heavy atom. The maximum absolute atomic E-state index is 5.65. The van der Waals surface area contributed by atoms with Gasteiger partial charge in [-0.25, -0.2) is 4.98 Å². The van der Waals surface area contributed by atoms with Gasteiger partial charge in [0.25, 0.3) is 0 Å². The van der Waals surface area contributed by atoms with E-state index in [1.165, 1.54) is 0 Å². The highest BCUT2D eigenvalue weighted by molar-refractivity contribution is 7.07. The highest BCUT2D eigenvalue weighted by Gasteiger charge is 2.23. The summed E-state index contributed by atoms with van der Waals surface area (Å²) in [6.07, 6.45) is 5.51. The molecule has 1 fully saturated rings. The van der Waals surface area contributed by atoms with Crippen LogP contribution >= 0.6 is 11.3 Å². The second kappa shape index (κ2) is 7.06. The van der Waals surface area contributed by atoms with Crippen molar-refractivity contribution in [2.45, 2.75) is 32.4 Å². The Kier molecular flexibility index (Phi) is 4.90. The highest BCUT2D eigenvalue weighted by atomic mass is 32.1. The van der Waals surface area contributed by atoms with Crippen molar-refractivity contribution in [3.8, 4) is 0 Å². The molecule has 0 aromatic carbocycles. The first-order valence-electron chi connectivity index (χ1n) is 7.28. The first-order valence-corrected chi connectivity index (χ1v) is 8.22. The third-order valence-electron chi connectivity index (χ3n) is 3.90. The van der Waals surface area contributed by atoms with Crippen molar-refractivity contribution in [2.75, 3.05) is 19.8 Å². The first kappa shape index (κ1) is 14.6. The molecule has 0 bridgehead atoms. The van der Waals surface area contributed by atoms with E-state index in [4.69, 9.17) is 4.74 Å². The fourth-order valence-electron chi connectivity index (χ4n) is 2.67. The molecule has 0 amide bonds. The van der Waals surface area contributed by atoms with E-state index in [-0.39, 0.29) is 0 Å². The van der Waals surface area contributed by atoms with Crippen LogP contribution in [0.15, 0.2) is 23.3 Å². The topological polar surface area (TPSA) is 51.1 Å². The lowest BCUT2D eigenvalue weighted by atomic mass is 10.1. The van der Waals surface area contributed by atoms with Crippen LogP contribution in [0.1, 0.15) is 23.5 Å². The Balaban J connectivity index is 1.60. The Labute approximate surface area is 129 Å². The number of hydrogen-bond donors (Lipinski definition) is 0. The van der Waals surface area contributed by atoms with Crippen LogP contribution in [-0.4, -0.2) is 45.7 Å². The Morgan fingerprint density at radius 3 is 3.05 bits per heavy atom. The number of ether oxygens (including phenoxy) is 1. The predicted octanol–water partition coefficient (Wildman–Crippen LogP) is 2.08. The van der Waals surface area contributed by atoms with Crippen molar-refractivity contribution in [1.29, 1.82) is 0 Å². The molecule has 6 heteroatoms. The average molecular weight is 304 g/mol. The fraction of sp³-hybridized carbons (Fsp3) is 0.533. The fourth-order valence-corrected chi connectivity index (χ4v) is 3.22. The van der Waals surface area contributed by atoms with Gasteiger partial charge in [-0.2, -0.15) is 0 Å². The Bertz CT molecular complexity index is 561. The van der Waals surface area contributed by atoms with Gasteiger partial charge in [-0.3, -0.25) is 14.9 Å². The van der Waals surface area contributed by atoms with Gasteiger partial charge in [-0.15, -0.1) is 11.3 Å². The zero-order valence-corrected chi connectivity index (χ0v) is 13.1. The molecule has 3 heterocycles. The zero-order chi connectivity index (χ0) is 14.5. The molecule has 0 N–H and O–H groups in total. The van der Waals surface area contributed by atoms with Crippen LogP contribution in [-0.2, 0) is 17.7 Å². The van der Waals surface area contributed by atoms with Crippen LogP contribution in [0.5, 0.6) is 0 Å². The lowest BCUT2D eigenvalue weighted by Crippen LogP contribution is -2.45. The van der Waals surface area contributed by atoms with E-state index in [1.54, 1.807) is 23.7 Å². The van der Waals surface area contributed by atoms with Crippen molar-refractivity contribution in [3.63, 3.8) is 0 Å². The molecule has 0 radical (unpaired) electrons. The Morgan fingerprint density at radius 2 is 2.24 bits per heavy atom. The van der Waals surface area contributed by atoms with Gasteiger partial charge in [0, 0.05) is 36.9 Å². The van der Waals surface area contributed by atoms with E-state index >= 15 is 0 Å². The molecule has 112 valence electrons. The Hall–Kier alpha value is -1.37. The number of rotatable bonds is 5. The SMILES string of the molecule is Cc1nccnc1CCC1COCCN1Cc1cscn1. The van der Waals surface area contributed by atoms with Crippen LogP contribution in [0.25, 0.3) is 0 Å². The van der Waals surface area contributed by atoms with Crippen LogP contribution in [0.4, 0.5) is 0 Å². The number of aromatic nitrogens is 3. The van der Waals surface area contributed by atoms with Crippen molar-refractivity contribution >= 4 is 11.3 Å². The van der Waals surface area contributed by atoms with E-state index in [0.29, 0.717) is 6.04 Å². The molecular formula is C15H20N4OS. The third-order valence-corrected chi connectivity index (χ3v) is 4.53. The van der Waals surface area contributed by atoms with Gasteiger partial charge in [-0.1, -0.05) is 0 Å². The summed E-state index contributed by atoms with van der Waals surface area (Å²) < 4.78 is 5.65. The van der Waals surface area contributed by atoms with Gasteiger partial charge in [0.15, 0.2) is 0 Å². The quantitative estimate of drug-likeness (QED) is 0.846. The van der Waals surface area contributed by atoms with Gasteiger partial charge >= 0.3 is 0 Å². The summed E-state index contributed by atoms with van der Waals surface area (Å²) >= 11 is 1.65. The average Bonchev–Trinajstić information content (AvgIpc) is 3.01. The molecule has 2 aromatic rings. The molecule has 1 unspecified atom stereocenters. The van der Waals surface area contributed by atoms with Crippen LogP contribution in [0.3, 0.4) is 0 Å². The highest BCUT2D eigenvalue weighted by Crippen LogP contribution is 2.17. The van der Waals surface area contributed by atoms with Crippen LogP contribution in [0, 0.1) is 6.92 Å². The summed E-state index contributed by atoms with van der Waals surface area (Å²) in [5, 5.41) is 2.12. The van der Waals surface area contributed by atoms with Crippen molar-refractivity contribution in [1.82, 2.24) is 19.9 Å². The summed E-state index contributed by atoms with van der Waals surface area (Å²) in [6, 6.07) is 0.432. The molecule has 1 atom stereocenters. The van der Waals surface area contributed by atoms with E-state index in [2.05, 4.69) is 25.2 Å². The smallest absolute Gasteiger partial charge is 0.0795 e. The molecule has 1 aliphatic heterocycles. The number of nitrogens with zero attached hydrogens (tertiary/aromatic N) is 4. The minimum Gasteiger partial charge on any atom is -0.378 e. The third kappa shape index (κ3) is 3.84. The van der Waals surface area contributed by atoms with E-state index in [0.717, 1.165) is 56.2 Å². The minimum atomic E-state index is 0.432. The normalized spacial score (nSPS) is 19.8. The monoisotopic (exact) mass is 304 g/mol. The minimum absolute atomic E-state index is 0.432.